The predicted octanol–water partition coefficient (Wildman–Crippen LogP) is 3.35. The van der Waals surface area contributed by atoms with Crippen LogP contribution in [0.3, 0.4) is 0 Å². The highest BCUT2D eigenvalue weighted by Crippen LogP contribution is 2.29. The van der Waals surface area contributed by atoms with E-state index < -0.39 is 15.5 Å². The largest absolute Gasteiger partial charge is 0.486 e. The highest BCUT2D eigenvalue weighted by Gasteiger charge is 2.21. The number of rotatable bonds is 6. The molecule has 18 heavy (non-hydrogen) atoms. The van der Waals surface area contributed by atoms with E-state index in [0.29, 0.717) is 5.33 Å². The van der Waals surface area contributed by atoms with Crippen molar-refractivity contribution >= 4 is 50.6 Å². The predicted molar refractivity (Wildman–Crippen MR) is 72.2 cm³/mol. The quantitative estimate of drug-likeness (QED) is 0.339. The second kappa shape index (κ2) is 6.92. The Morgan fingerprint density at radius 1 is 1.50 bits per heavy atom. The number of nitrogens with zero attached hydrogens (tertiary/aromatic N) is 1. The van der Waals surface area contributed by atoms with Crippen LogP contribution in [0.15, 0.2) is 18.2 Å². The summed E-state index contributed by atoms with van der Waals surface area (Å²) in [6.07, 6.45) is 0. The molecule has 0 heterocycles. The molecule has 98 valence electrons. The first-order valence-electron chi connectivity index (χ1n) is 4.77. The highest BCUT2D eigenvalue weighted by atomic mass is 79.9. The molecule has 0 bridgehead atoms. The van der Waals surface area contributed by atoms with Gasteiger partial charge in [0.25, 0.3) is 0 Å². The SMILES string of the molecule is O=C(c1ccc(OCCBr)c([N+](=O)[O-])c1)C(Cl)Cl. The number of hydrogen-bond acceptors (Lipinski definition) is 4. The number of carbonyl (C=O) groups excluding carboxylic acids is 1. The lowest BCUT2D eigenvalue weighted by Gasteiger charge is -2.07. The third-order valence-corrected chi connectivity index (χ3v) is 2.69. The van der Waals surface area contributed by atoms with Crippen molar-refractivity contribution in [3.05, 3.63) is 33.9 Å². The summed E-state index contributed by atoms with van der Waals surface area (Å²) >= 11 is 14.0. The molecule has 0 unspecified atom stereocenters. The normalized spacial score (nSPS) is 10.4. The van der Waals surface area contributed by atoms with Gasteiger partial charge in [0.1, 0.15) is 0 Å². The van der Waals surface area contributed by atoms with Crippen molar-refractivity contribution in [2.75, 3.05) is 11.9 Å². The van der Waals surface area contributed by atoms with Crippen LogP contribution in [0.25, 0.3) is 0 Å². The zero-order chi connectivity index (χ0) is 13.7. The molecule has 0 radical (unpaired) electrons. The highest BCUT2D eigenvalue weighted by molar-refractivity contribution is 9.09. The summed E-state index contributed by atoms with van der Waals surface area (Å²) < 4.78 is 5.18. The van der Waals surface area contributed by atoms with E-state index in [0.717, 1.165) is 6.07 Å². The summed E-state index contributed by atoms with van der Waals surface area (Å²) in [7, 11) is 0. The lowest BCUT2D eigenvalue weighted by Crippen LogP contribution is -2.09. The smallest absolute Gasteiger partial charge is 0.311 e. The Hall–Kier alpha value is -0.850. The van der Waals surface area contributed by atoms with Crippen molar-refractivity contribution in [3.8, 4) is 5.75 Å². The molecular weight excluding hydrogens is 349 g/mol. The number of Topliss-reactive ketones (excluding diaryl/α,β-unsaturated/α-hetero) is 1. The Morgan fingerprint density at radius 3 is 2.67 bits per heavy atom. The molecule has 0 N–H and O–H groups in total. The number of halogens is 3. The van der Waals surface area contributed by atoms with Crippen LogP contribution >= 0.6 is 39.1 Å². The van der Waals surface area contributed by atoms with Crippen LogP contribution in [0, 0.1) is 10.1 Å². The van der Waals surface area contributed by atoms with Gasteiger partial charge in [-0.25, -0.2) is 0 Å². The summed E-state index contributed by atoms with van der Waals surface area (Å²) in [6.45, 7) is 0.280. The summed E-state index contributed by atoms with van der Waals surface area (Å²) in [6, 6.07) is 3.84. The van der Waals surface area contributed by atoms with E-state index >= 15 is 0 Å². The first kappa shape index (κ1) is 15.2. The fourth-order valence-electron chi connectivity index (χ4n) is 1.21. The van der Waals surface area contributed by atoms with E-state index in [2.05, 4.69) is 15.9 Å². The maximum absolute atomic E-state index is 11.5. The van der Waals surface area contributed by atoms with E-state index in [-0.39, 0.29) is 23.6 Å². The van der Waals surface area contributed by atoms with Crippen molar-refractivity contribution in [3.63, 3.8) is 0 Å². The first-order valence-corrected chi connectivity index (χ1v) is 6.76. The van der Waals surface area contributed by atoms with Crippen molar-refractivity contribution < 1.29 is 14.5 Å². The van der Waals surface area contributed by atoms with Gasteiger partial charge in [0, 0.05) is 17.0 Å². The molecule has 5 nitrogen and oxygen atoms in total. The minimum absolute atomic E-state index is 0.0721. The molecule has 0 fully saturated rings. The van der Waals surface area contributed by atoms with Crippen LogP contribution in [0.4, 0.5) is 5.69 Å². The summed E-state index contributed by atoms with van der Waals surface area (Å²) in [4.78, 5) is 20.5. The number of nitro groups is 1. The molecule has 8 heteroatoms. The lowest BCUT2D eigenvalue weighted by molar-refractivity contribution is -0.385. The number of nitro benzene ring substituents is 1. The van der Waals surface area contributed by atoms with E-state index in [1.807, 2.05) is 0 Å². The molecule has 0 amide bonds. The van der Waals surface area contributed by atoms with Crippen molar-refractivity contribution in [2.45, 2.75) is 4.84 Å². The third-order valence-electron chi connectivity index (χ3n) is 1.97. The van der Waals surface area contributed by atoms with Crippen molar-refractivity contribution in [1.82, 2.24) is 0 Å². The molecule has 0 atom stereocenters. The number of ether oxygens (including phenoxy) is 1. The van der Waals surface area contributed by atoms with Gasteiger partial charge in [-0.3, -0.25) is 14.9 Å². The number of ketones is 1. The standard InChI is InChI=1S/C10H8BrCl2NO4/c11-3-4-18-8-2-1-6(9(15)10(12)13)5-7(8)14(16)17/h1-2,5,10H,3-4H2. The molecule has 1 aromatic rings. The van der Waals surface area contributed by atoms with Gasteiger partial charge in [0.2, 0.25) is 0 Å². The topological polar surface area (TPSA) is 69.4 Å². The second-order valence-corrected chi connectivity index (χ2v) is 5.03. The van der Waals surface area contributed by atoms with E-state index in [4.69, 9.17) is 27.9 Å². The van der Waals surface area contributed by atoms with Crippen LogP contribution in [-0.2, 0) is 0 Å². The average Bonchev–Trinajstić information content (AvgIpc) is 2.34. The maximum Gasteiger partial charge on any atom is 0.311 e. The van der Waals surface area contributed by atoms with Gasteiger partial charge in [-0.05, 0) is 12.1 Å². The van der Waals surface area contributed by atoms with Crippen LogP contribution in [0.1, 0.15) is 10.4 Å². The van der Waals surface area contributed by atoms with Crippen LogP contribution in [-0.4, -0.2) is 27.5 Å². The fraction of sp³-hybridized carbons (Fsp3) is 0.300. The van der Waals surface area contributed by atoms with Crippen molar-refractivity contribution in [1.29, 1.82) is 0 Å². The molecule has 0 aliphatic carbocycles. The van der Waals surface area contributed by atoms with Gasteiger partial charge >= 0.3 is 5.69 Å². The van der Waals surface area contributed by atoms with E-state index in [1.165, 1.54) is 12.1 Å². The zero-order valence-electron chi connectivity index (χ0n) is 8.94. The Balaban J connectivity index is 3.11. The maximum atomic E-state index is 11.5. The third kappa shape index (κ3) is 3.83. The summed E-state index contributed by atoms with van der Waals surface area (Å²) in [5, 5.41) is 11.4. The molecule has 0 saturated carbocycles. The number of benzene rings is 1. The molecule has 1 rings (SSSR count). The number of carbonyl (C=O) groups is 1. The van der Waals surface area contributed by atoms with Gasteiger partial charge < -0.3 is 4.74 Å². The van der Waals surface area contributed by atoms with E-state index in [1.54, 1.807) is 0 Å². The summed E-state index contributed by atoms with van der Waals surface area (Å²) in [5.41, 5.74) is -0.223. The van der Waals surface area contributed by atoms with Crippen LogP contribution in [0.2, 0.25) is 0 Å². The zero-order valence-corrected chi connectivity index (χ0v) is 12.0. The number of hydrogen-bond donors (Lipinski definition) is 0. The molecule has 0 aliphatic heterocycles. The van der Waals surface area contributed by atoms with Gasteiger partial charge in [-0.2, -0.15) is 0 Å². The van der Waals surface area contributed by atoms with Crippen LogP contribution in [0.5, 0.6) is 5.75 Å². The molecule has 0 aliphatic rings. The Morgan fingerprint density at radius 2 is 2.17 bits per heavy atom. The second-order valence-electron chi connectivity index (χ2n) is 3.14. The van der Waals surface area contributed by atoms with Gasteiger partial charge in [-0.1, -0.05) is 39.1 Å². The lowest BCUT2D eigenvalue weighted by atomic mass is 10.1. The van der Waals surface area contributed by atoms with Crippen LogP contribution < -0.4 is 4.74 Å². The minimum Gasteiger partial charge on any atom is -0.486 e. The molecule has 1 aromatic carbocycles. The molecule has 0 aromatic heterocycles. The summed E-state index contributed by atoms with van der Waals surface area (Å²) in [5.74, 6) is -0.495. The molecule has 0 saturated heterocycles. The molecule has 0 spiro atoms. The fourth-order valence-corrected chi connectivity index (χ4v) is 1.62. The minimum atomic E-state index is -1.25. The Labute approximate surface area is 121 Å². The Bertz CT molecular complexity index is 467. The average molecular weight is 357 g/mol. The van der Waals surface area contributed by atoms with E-state index in [9.17, 15) is 14.9 Å². The Kier molecular flexibility index (Phi) is 5.84. The monoisotopic (exact) mass is 355 g/mol. The molecular formula is C10H8BrCl2NO4. The van der Waals surface area contributed by atoms with Gasteiger partial charge in [0.15, 0.2) is 16.4 Å². The van der Waals surface area contributed by atoms with Gasteiger partial charge in [-0.15, -0.1) is 0 Å². The first-order chi connectivity index (χ1) is 8.47. The van der Waals surface area contributed by atoms with Crippen molar-refractivity contribution in [2.24, 2.45) is 0 Å². The number of alkyl halides is 3. The van der Waals surface area contributed by atoms with Gasteiger partial charge in [0.05, 0.1) is 11.5 Å².